The lowest BCUT2D eigenvalue weighted by molar-refractivity contribution is 0.336. The number of aryl methyl sites for hydroxylation is 1. The van der Waals surface area contributed by atoms with Crippen molar-refractivity contribution in [3.8, 4) is 17.2 Å². The number of hydrogen-bond donors (Lipinski definition) is 3. The highest BCUT2D eigenvalue weighted by atomic mass is 16.5. The zero-order chi connectivity index (χ0) is 19.6. The van der Waals surface area contributed by atoms with Gasteiger partial charge < -0.3 is 25.2 Å². The number of methoxy groups -OCH3 is 1. The van der Waals surface area contributed by atoms with E-state index in [0.717, 1.165) is 29.0 Å². The molecule has 2 aromatic rings. The van der Waals surface area contributed by atoms with Crippen LogP contribution in [0.5, 0.6) is 17.2 Å². The second-order valence-corrected chi connectivity index (χ2v) is 6.06. The van der Waals surface area contributed by atoms with Crippen LogP contribution in [0.4, 0.5) is 0 Å². The van der Waals surface area contributed by atoms with Crippen LogP contribution in [0.2, 0.25) is 0 Å². The summed E-state index contributed by atoms with van der Waals surface area (Å²) in [5, 5.41) is 16.7. The Balaban J connectivity index is 2.11. The van der Waals surface area contributed by atoms with Crippen molar-refractivity contribution in [1.29, 1.82) is 0 Å². The van der Waals surface area contributed by atoms with Gasteiger partial charge in [-0.25, -0.2) is 4.99 Å². The van der Waals surface area contributed by atoms with Crippen molar-refractivity contribution in [1.82, 2.24) is 10.6 Å². The van der Waals surface area contributed by atoms with E-state index in [1.807, 2.05) is 45.0 Å². The number of aliphatic imine (C=N–C) groups is 1. The first-order chi connectivity index (χ1) is 13.1. The molecule has 0 saturated heterocycles. The van der Waals surface area contributed by atoms with E-state index < -0.39 is 0 Å². The third-order valence-corrected chi connectivity index (χ3v) is 4.02. The molecule has 0 fully saturated rings. The average Bonchev–Trinajstić information content (AvgIpc) is 2.66. The van der Waals surface area contributed by atoms with Crippen molar-refractivity contribution in [3.05, 3.63) is 53.1 Å². The Morgan fingerprint density at radius 2 is 1.89 bits per heavy atom. The van der Waals surface area contributed by atoms with Crippen molar-refractivity contribution in [2.24, 2.45) is 4.99 Å². The number of phenols is 1. The highest BCUT2D eigenvalue weighted by Crippen LogP contribution is 2.29. The van der Waals surface area contributed by atoms with E-state index in [-0.39, 0.29) is 5.75 Å². The first kappa shape index (κ1) is 20.4. The van der Waals surface area contributed by atoms with Crippen molar-refractivity contribution < 1.29 is 14.6 Å². The van der Waals surface area contributed by atoms with Gasteiger partial charge in [0.15, 0.2) is 17.5 Å². The Kier molecular flexibility index (Phi) is 7.79. The molecule has 0 aromatic heterocycles. The predicted octanol–water partition coefficient (Wildman–Crippen LogP) is 3.36. The molecule has 27 heavy (non-hydrogen) atoms. The smallest absolute Gasteiger partial charge is 0.191 e. The molecule has 6 heteroatoms. The second kappa shape index (κ2) is 10.3. The summed E-state index contributed by atoms with van der Waals surface area (Å²) in [5.74, 6) is 2.13. The van der Waals surface area contributed by atoms with Gasteiger partial charge in [-0.15, -0.1) is 0 Å². The third kappa shape index (κ3) is 5.81. The van der Waals surface area contributed by atoms with Gasteiger partial charge in [-0.1, -0.05) is 24.3 Å². The molecule has 0 heterocycles. The fraction of sp³-hybridized carbons (Fsp3) is 0.381. The molecule has 0 amide bonds. The van der Waals surface area contributed by atoms with Crippen molar-refractivity contribution >= 4 is 5.96 Å². The topological polar surface area (TPSA) is 75.1 Å². The highest BCUT2D eigenvalue weighted by molar-refractivity contribution is 5.79. The Morgan fingerprint density at radius 3 is 2.59 bits per heavy atom. The first-order valence-electron chi connectivity index (χ1n) is 9.18. The van der Waals surface area contributed by atoms with Crippen LogP contribution in [0.1, 0.15) is 30.5 Å². The van der Waals surface area contributed by atoms with Crippen LogP contribution in [0.25, 0.3) is 0 Å². The van der Waals surface area contributed by atoms with Crippen molar-refractivity contribution in [2.45, 2.75) is 33.9 Å². The van der Waals surface area contributed by atoms with Crippen LogP contribution in [0.15, 0.2) is 41.4 Å². The molecular weight excluding hydrogens is 342 g/mol. The summed E-state index contributed by atoms with van der Waals surface area (Å²) in [6.45, 7) is 8.31. The van der Waals surface area contributed by atoms with E-state index in [1.54, 1.807) is 6.07 Å². The van der Waals surface area contributed by atoms with Gasteiger partial charge in [-0.05, 0) is 38.5 Å². The van der Waals surface area contributed by atoms with Gasteiger partial charge >= 0.3 is 0 Å². The molecule has 0 saturated carbocycles. The number of nitrogens with zero attached hydrogens (tertiary/aromatic N) is 1. The minimum Gasteiger partial charge on any atom is -0.504 e. The van der Waals surface area contributed by atoms with Gasteiger partial charge in [-0.3, -0.25) is 0 Å². The molecule has 146 valence electrons. The fourth-order valence-electron chi connectivity index (χ4n) is 2.64. The summed E-state index contributed by atoms with van der Waals surface area (Å²) in [6, 6.07) is 11.6. The molecule has 0 aliphatic carbocycles. The van der Waals surface area contributed by atoms with Crippen LogP contribution in [0, 0.1) is 6.92 Å². The lowest BCUT2D eigenvalue weighted by Gasteiger charge is -2.14. The van der Waals surface area contributed by atoms with E-state index in [0.29, 0.717) is 31.4 Å². The summed E-state index contributed by atoms with van der Waals surface area (Å²) >= 11 is 0. The number of phenolic OH excluding ortho intramolecular Hbond substituents is 1. The van der Waals surface area contributed by atoms with E-state index >= 15 is 0 Å². The molecule has 2 aromatic carbocycles. The number of ether oxygens (including phenoxy) is 2. The summed E-state index contributed by atoms with van der Waals surface area (Å²) in [7, 11) is 1.54. The molecule has 3 N–H and O–H groups in total. The fourth-order valence-corrected chi connectivity index (χ4v) is 2.64. The summed E-state index contributed by atoms with van der Waals surface area (Å²) in [5.41, 5.74) is 2.93. The average molecular weight is 371 g/mol. The molecule has 0 spiro atoms. The predicted molar refractivity (Wildman–Crippen MR) is 109 cm³/mol. The number of guanidine groups is 1. The van der Waals surface area contributed by atoms with Crippen molar-refractivity contribution in [2.75, 3.05) is 20.3 Å². The van der Waals surface area contributed by atoms with E-state index in [9.17, 15) is 5.11 Å². The molecule has 0 unspecified atom stereocenters. The Bertz CT molecular complexity index is 775. The number of rotatable bonds is 8. The number of aromatic hydroxyl groups is 1. The Labute approximate surface area is 161 Å². The van der Waals surface area contributed by atoms with Gasteiger partial charge in [-0.2, -0.15) is 0 Å². The Hall–Kier alpha value is -2.89. The van der Waals surface area contributed by atoms with Crippen LogP contribution < -0.4 is 20.1 Å². The van der Waals surface area contributed by atoms with E-state index in [4.69, 9.17) is 9.47 Å². The molecule has 0 atom stereocenters. The summed E-state index contributed by atoms with van der Waals surface area (Å²) in [4.78, 5) is 4.65. The minimum absolute atomic E-state index is 0.139. The maximum Gasteiger partial charge on any atom is 0.191 e. The summed E-state index contributed by atoms with van der Waals surface area (Å²) < 4.78 is 10.9. The standard InChI is InChI=1S/C21H29N3O3/c1-5-22-21(24-14-17-8-7-9-18(26-4)20(17)25)23-13-16-11-10-15(3)12-19(16)27-6-2/h7-12,25H,5-6,13-14H2,1-4H3,(H2,22,23,24). The summed E-state index contributed by atoms with van der Waals surface area (Å²) in [6.07, 6.45) is 0. The quantitative estimate of drug-likeness (QED) is 0.490. The van der Waals surface area contributed by atoms with Gasteiger partial charge in [0.25, 0.3) is 0 Å². The van der Waals surface area contributed by atoms with Gasteiger partial charge in [0.05, 0.1) is 20.3 Å². The van der Waals surface area contributed by atoms with Gasteiger partial charge in [0.2, 0.25) is 0 Å². The lowest BCUT2D eigenvalue weighted by atomic mass is 10.1. The largest absolute Gasteiger partial charge is 0.504 e. The van der Waals surface area contributed by atoms with Gasteiger partial charge in [0.1, 0.15) is 5.75 Å². The second-order valence-electron chi connectivity index (χ2n) is 6.06. The first-order valence-corrected chi connectivity index (χ1v) is 9.18. The molecule has 0 aliphatic heterocycles. The normalized spacial score (nSPS) is 11.2. The highest BCUT2D eigenvalue weighted by Gasteiger charge is 2.08. The maximum atomic E-state index is 10.2. The monoisotopic (exact) mass is 371 g/mol. The molecular formula is C21H29N3O3. The van der Waals surface area contributed by atoms with Crippen LogP contribution in [-0.4, -0.2) is 31.3 Å². The maximum absolute atomic E-state index is 10.2. The molecule has 2 rings (SSSR count). The van der Waals surface area contributed by atoms with Crippen molar-refractivity contribution in [3.63, 3.8) is 0 Å². The number of benzene rings is 2. The Morgan fingerprint density at radius 1 is 1.07 bits per heavy atom. The minimum atomic E-state index is 0.139. The van der Waals surface area contributed by atoms with E-state index in [2.05, 4.69) is 21.7 Å². The number of nitrogens with one attached hydrogen (secondary N) is 2. The zero-order valence-electron chi connectivity index (χ0n) is 16.5. The van der Waals surface area contributed by atoms with Crippen LogP contribution >= 0.6 is 0 Å². The molecule has 0 aliphatic rings. The molecule has 0 radical (unpaired) electrons. The van der Waals surface area contributed by atoms with Gasteiger partial charge in [0, 0.05) is 24.2 Å². The van der Waals surface area contributed by atoms with Crippen LogP contribution in [-0.2, 0) is 13.1 Å². The third-order valence-electron chi connectivity index (χ3n) is 4.02. The van der Waals surface area contributed by atoms with E-state index in [1.165, 1.54) is 7.11 Å². The number of hydrogen-bond acceptors (Lipinski definition) is 4. The molecule has 0 bridgehead atoms. The lowest BCUT2D eigenvalue weighted by Crippen LogP contribution is -2.36. The number of para-hydroxylation sites is 1. The zero-order valence-corrected chi connectivity index (χ0v) is 16.5. The van der Waals surface area contributed by atoms with Crippen LogP contribution in [0.3, 0.4) is 0 Å². The SMILES string of the molecule is CCNC(=NCc1ccc(C)cc1OCC)NCc1cccc(OC)c1O. The molecule has 6 nitrogen and oxygen atoms in total.